The summed E-state index contributed by atoms with van der Waals surface area (Å²) in [6, 6.07) is 7.23. The zero-order valence-corrected chi connectivity index (χ0v) is 14.5. The van der Waals surface area contributed by atoms with Crippen molar-refractivity contribution < 1.29 is 13.6 Å². The number of fused-ring (bicyclic) bond motifs is 1. The Morgan fingerprint density at radius 2 is 1.88 bits per heavy atom. The van der Waals surface area contributed by atoms with Gasteiger partial charge in [0.2, 0.25) is 5.91 Å². The summed E-state index contributed by atoms with van der Waals surface area (Å²) in [6.07, 6.45) is 2.43. The fourth-order valence-corrected chi connectivity index (χ4v) is 2.93. The van der Waals surface area contributed by atoms with Gasteiger partial charge in [0.1, 0.15) is 12.4 Å². The number of amides is 1. The number of alkyl halides is 2. The predicted octanol–water partition coefficient (Wildman–Crippen LogP) is 2.07. The van der Waals surface area contributed by atoms with Crippen molar-refractivity contribution in [3.05, 3.63) is 53.0 Å². The Balaban J connectivity index is 1.84. The van der Waals surface area contributed by atoms with Crippen LogP contribution in [0.4, 0.5) is 8.78 Å². The first-order chi connectivity index (χ1) is 12.4. The van der Waals surface area contributed by atoms with E-state index in [0.29, 0.717) is 16.6 Å². The van der Waals surface area contributed by atoms with Crippen LogP contribution in [-0.4, -0.2) is 36.5 Å². The molecule has 0 N–H and O–H groups in total. The van der Waals surface area contributed by atoms with E-state index in [4.69, 9.17) is 0 Å². The highest BCUT2D eigenvalue weighted by Crippen LogP contribution is 2.15. The minimum Gasteiger partial charge on any atom is -0.337 e. The normalized spacial score (nSPS) is 11.4. The lowest BCUT2D eigenvalue weighted by atomic mass is 10.3. The Morgan fingerprint density at radius 3 is 2.50 bits per heavy atom. The molecule has 0 aliphatic rings. The van der Waals surface area contributed by atoms with E-state index < -0.39 is 6.55 Å². The minimum atomic E-state index is -2.72. The molecule has 0 atom stereocenters. The van der Waals surface area contributed by atoms with Gasteiger partial charge < -0.3 is 4.90 Å². The van der Waals surface area contributed by atoms with Crippen LogP contribution >= 0.6 is 0 Å². The SMILES string of the molecule is CCn1c(=O)n(CC(=O)N(C)Cc2nccn2C(F)F)c2ccccc21. The summed E-state index contributed by atoms with van der Waals surface area (Å²) in [7, 11) is 1.50. The van der Waals surface area contributed by atoms with Gasteiger partial charge in [0.15, 0.2) is 0 Å². The Labute approximate surface area is 148 Å². The van der Waals surface area contributed by atoms with Gasteiger partial charge in [-0.1, -0.05) is 12.1 Å². The maximum absolute atomic E-state index is 12.9. The van der Waals surface area contributed by atoms with Crippen LogP contribution < -0.4 is 5.69 Å². The molecular weight excluding hydrogens is 344 g/mol. The van der Waals surface area contributed by atoms with Gasteiger partial charge in [-0.15, -0.1) is 0 Å². The summed E-state index contributed by atoms with van der Waals surface area (Å²) in [5.41, 5.74) is 1.14. The third kappa shape index (κ3) is 3.12. The molecule has 0 spiro atoms. The summed E-state index contributed by atoms with van der Waals surface area (Å²) >= 11 is 0. The molecular formula is C17H19F2N5O2. The molecule has 0 saturated carbocycles. The second kappa shape index (κ2) is 7.11. The second-order valence-corrected chi connectivity index (χ2v) is 5.88. The lowest BCUT2D eigenvalue weighted by Gasteiger charge is -2.18. The molecule has 1 aromatic carbocycles. The third-order valence-electron chi connectivity index (χ3n) is 4.30. The number of likely N-dealkylation sites (N-methyl/N-ethyl adjacent to an activating group) is 1. The van der Waals surface area contributed by atoms with Gasteiger partial charge in [-0.05, 0) is 19.1 Å². The molecule has 7 nitrogen and oxygen atoms in total. The minimum absolute atomic E-state index is 0.0721. The third-order valence-corrected chi connectivity index (χ3v) is 4.30. The van der Waals surface area contributed by atoms with E-state index in [9.17, 15) is 18.4 Å². The van der Waals surface area contributed by atoms with E-state index in [-0.39, 0.29) is 30.5 Å². The molecule has 3 rings (SSSR count). The van der Waals surface area contributed by atoms with E-state index in [1.54, 1.807) is 16.7 Å². The highest BCUT2D eigenvalue weighted by atomic mass is 19.3. The molecule has 0 unspecified atom stereocenters. The van der Waals surface area contributed by atoms with Crippen LogP contribution in [0.1, 0.15) is 19.3 Å². The zero-order chi connectivity index (χ0) is 18.8. The van der Waals surface area contributed by atoms with Crippen molar-refractivity contribution in [2.45, 2.75) is 33.1 Å². The smallest absolute Gasteiger partial charge is 0.329 e. The van der Waals surface area contributed by atoms with E-state index in [1.165, 1.54) is 22.7 Å². The molecule has 0 saturated heterocycles. The van der Waals surface area contributed by atoms with Crippen LogP contribution in [0.5, 0.6) is 0 Å². The molecule has 1 amide bonds. The van der Waals surface area contributed by atoms with Crippen molar-refractivity contribution in [2.24, 2.45) is 0 Å². The number of hydrogen-bond donors (Lipinski definition) is 0. The Morgan fingerprint density at radius 1 is 1.23 bits per heavy atom. The molecule has 0 aliphatic heterocycles. The van der Waals surface area contributed by atoms with Gasteiger partial charge in [0.25, 0.3) is 0 Å². The summed E-state index contributed by atoms with van der Waals surface area (Å²) in [4.78, 5) is 30.3. The van der Waals surface area contributed by atoms with Gasteiger partial charge in [-0.3, -0.25) is 18.5 Å². The van der Waals surface area contributed by atoms with Crippen molar-refractivity contribution in [3.8, 4) is 0 Å². The number of nitrogens with zero attached hydrogens (tertiary/aromatic N) is 5. The molecule has 2 heterocycles. The average molecular weight is 363 g/mol. The quantitative estimate of drug-likeness (QED) is 0.673. The molecule has 0 bridgehead atoms. The molecule has 0 aliphatic carbocycles. The number of para-hydroxylation sites is 2. The highest BCUT2D eigenvalue weighted by molar-refractivity contribution is 5.80. The van der Waals surface area contributed by atoms with Gasteiger partial charge >= 0.3 is 12.2 Å². The van der Waals surface area contributed by atoms with Gasteiger partial charge in [0, 0.05) is 26.0 Å². The molecule has 26 heavy (non-hydrogen) atoms. The van der Waals surface area contributed by atoms with Gasteiger partial charge in [-0.25, -0.2) is 9.78 Å². The fourth-order valence-electron chi connectivity index (χ4n) is 2.93. The van der Waals surface area contributed by atoms with Crippen LogP contribution in [0.15, 0.2) is 41.5 Å². The number of hydrogen-bond acceptors (Lipinski definition) is 3. The lowest BCUT2D eigenvalue weighted by molar-refractivity contribution is -0.131. The number of halogens is 2. The van der Waals surface area contributed by atoms with E-state index in [1.807, 2.05) is 19.1 Å². The highest BCUT2D eigenvalue weighted by Gasteiger charge is 2.19. The first-order valence-corrected chi connectivity index (χ1v) is 8.16. The van der Waals surface area contributed by atoms with Crippen molar-refractivity contribution in [3.63, 3.8) is 0 Å². The zero-order valence-electron chi connectivity index (χ0n) is 14.5. The van der Waals surface area contributed by atoms with E-state index >= 15 is 0 Å². The van der Waals surface area contributed by atoms with Crippen LogP contribution in [-0.2, 0) is 24.4 Å². The fraction of sp³-hybridized carbons (Fsp3) is 0.353. The summed E-state index contributed by atoms with van der Waals surface area (Å²) in [6.45, 7) is -0.616. The predicted molar refractivity (Wildman–Crippen MR) is 91.8 cm³/mol. The first kappa shape index (κ1) is 17.8. The Bertz CT molecular complexity index is 989. The monoisotopic (exact) mass is 363 g/mol. The number of imidazole rings is 2. The maximum Gasteiger partial charge on any atom is 0.329 e. The molecule has 0 radical (unpaired) electrons. The number of rotatable bonds is 6. The molecule has 138 valence electrons. The second-order valence-electron chi connectivity index (χ2n) is 5.88. The number of benzene rings is 1. The van der Waals surface area contributed by atoms with Crippen LogP contribution in [0, 0.1) is 0 Å². The largest absolute Gasteiger partial charge is 0.337 e. The maximum atomic E-state index is 12.9. The summed E-state index contributed by atoms with van der Waals surface area (Å²) in [5.74, 6) is -0.283. The van der Waals surface area contributed by atoms with Crippen LogP contribution in [0.3, 0.4) is 0 Å². The summed E-state index contributed by atoms with van der Waals surface area (Å²) < 4.78 is 29.5. The lowest BCUT2D eigenvalue weighted by Crippen LogP contribution is -2.34. The van der Waals surface area contributed by atoms with E-state index in [0.717, 1.165) is 11.7 Å². The number of carbonyl (C=O) groups excluding carboxylic acids is 1. The Hall–Kier alpha value is -2.97. The summed E-state index contributed by atoms with van der Waals surface area (Å²) in [5, 5.41) is 0. The molecule has 3 aromatic rings. The topological polar surface area (TPSA) is 65.1 Å². The van der Waals surface area contributed by atoms with Gasteiger partial charge in [0.05, 0.1) is 17.6 Å². The van der Waals surface area contributed by atoms with Crippen molar-refractivity contribution in [1.82, 2.24) is 23.6 Å². The average Bonchev–Trinajstić information content (AvgIpc) is 3.18. The van der Waals surface area contributed by atoms with Crippen molar-refractivity contribution in [2.75, 3.05) is 7.05 Å². The number of carbonyl (C=O) groups is 1. The molecule has 2 aromatic heterocycles. The number of aryl methyl sites for hydroxylation is 1. The van der Waals surface area contributed by atoms with Gasteiger partial charge in [-0.2, -0.15) is 8.78 Å². The number of aromatic nitrogens is 4. The standard InChI is InChI=1S/C17H19F2N5O2/c1-3-22-12-6-4-5-7-13(12)24(17(22)26)11-15(25)21(2)10-14-20-8-9-23(14)16(18)19/h4-9,16H,3,10-11H2,1-2H3. The molecule has 0 fully saturated rings. The van der Waals surface area contributed by atoms with Crippen LogP contribution in [0.2, 0.25) is 0 Å². The molecule has 9 heteroatoms. The van der Waals surface area contributed by atoms with Crippen molar-refractivity contribution in [1.29, 1.82) is 0 Å². The van der Waals surface area contributed by atoms with E-state index in [2.05, 4.69) is 4.98 Å². The first-order valence-electron chi connectivity index (χ1n) is 8.16. The van der Waals surface area contributed by atoms with Crippen molar-refractivity contribution >= 4 is 16.9 Å². The Kier molecular flexibility index (Phi) is 4.88. The van der Waals surface area contributed by atoms with Crippen LogP contribution in [0.25, 0.3) is 11.0 Å².